The maximum absolute atomic E-state index is 13.2. The van der Waals surface area contributed by atoms with E-state index in [0.29, 0.717) is 17.6 Å². The van der Waals surface area contributed by atoms with Crippen LogP contribution in [0, 0.1) is 0 Å². The first kappa shape index (κ1) is 22.0. The molecule has 0 saturated carbocycles. The fraction of sp³-hybridized carbons (Fsp3) is 0.480. The number of carbonyl (C=O) groups excluding carboxylic acids is 1. The number of hydrogen-bond donors (Lipinski definition) is 1. The molecule has 2 aliphatic rings. The number of piperazine rings is 1. The minimum Gasteiger partial charge on any atom is -0.367 e. The maximum atomic E-state index is 13.2. The number of para-hydroxylation sites is 1. The number of likely N-dealkylation sites (tertiary alicyclic amines) is 1. The van der Waals surface area contributed by atoms with Gasteiger partial charge in [0.25, 0.3) is 0 Å². The Morgan fingerprint density at radius 3 is 2.39 bits per heavy atom. The lowest BCUT2D eigenvalue weighted by Crippen LogP contribution is -2.49. The molecule has 1 atom stereocenters. The minimum atomic E-state index is -0.0742. The monoisotopic (exact) mass is 440 g/mol. The Balaban J connectivity index is 1.47. The van der Waals surface area contributed by atoms with E-state index in [1.165, 1.54) is 5.56 Å². The summed E-state index contributed by atoms with van der Waals surface area (Å²) in [7, 11) is 0. The molecule has 4 rings (SSSR count). The van der Waals surface area contributed by atoms with E-state index in [1.54, 1.807) is 0 Å². The summed E-state index contributed by atoms with van der Waals surface area (Å²) in [4.78, 5) is 19.9. The van der Waals surface area contributed by atoms with Crippen LogP contribution in [0.25, 0.3) is 0 Å². The van der Waals surface area contributed by atoms with Crippen LogP contribution in [0.4, 0.5) is 16.2 Å². The van der Waals surface area contributed by atoms with Gasteiger partial charge in [-0.2, -0.15) is 0 Å². The van der Waals surface area contributed by atoms with Gasteiger partial charge in [0.1, 0.15) is 0 Å². The van der Waals surface area contributed by atoms with Crippen LogP contribution in [0.5, 0.6) is 0 Å². The first-order chi connectivity index (χ1) is 14.9. The second-order valence-corrected chi connectivity index (χ2v) is 9.69. The number of nitrogens with zero attached hydrogens (tertiary/aromatic N) is 3. The van der Waals surface area contributed by atoms with Crippen molar-refractivity contribution in [3.8, 4) is 0 Å². The normalized spacial score (nSPS) is 22.2. The third-order valence-corrected chi connectivity index (χ3v) is 7.16. The van der Waals surface area contributed by atoms with Gasteiger partial charge < -0.3 is 15.1 Å². The molecule has 0 aromatic heterocycles. The predicted molar refractivity (Wildman–Crippen MR) is 129 cm³/mol. The summed E-state index contributed by atoms with van der Waals surface area (Å²) >= 11 is 6.56. The van der Waals surface area contributed by atoms with Crippen molar-refractivity contribution in [3.63, 3.8) is 0 Å². The molecular formula is C25H33ClN4O. The van der Waals surface area contributed by atoms with Crippen LogP contribution in [-0.4, -0.2) is 61.1 Å². The van der Waals surface area contributed by atoms with Crippen molar-refractivity contribution in [1.82, 2.24) is 9.80 Å². The molecule has 2 aromatic carbocycles. The molecule has 0 radical (unpaired) electrons. The highest BCUT2D eigenvalue weighted by atomic mass is 35.5. The number of nitrogens with one attached hydrogen (secondary N) is 1. The van der Waals surface area contributed by atoms with E-state index in [4.69, 9.17) is 11.6 Å². The third kappa shape index (κ3) is 4.68. The van der Waals surface area contributed by atoms with Gasteiger partial charge in [0, 0.05) is 50.7 Å². The molecular weight excluding hydrogens is 408 g/mol. The Kier molecular flexibility index (Phi) is 6.44. The Morgan fingerprint density at radius 1 is 1.00 bits per heavy atom. The van der Waals surface area contributed by atoms with Crippen LogP contribution in [-0.2, 0) is 5.41 Å². The van der Waals surface area contributed by atoms with Gasteiger partial charge in [-0.15, -0.1) is 0 Å². The zero-order valence-electron chi connectivity index (χ0n) is 18.8. The van der Waals surface area contributed by atoms with Crippen LogP contribution in [0.3, 0.4) is 0 Å². The van der Waals surface area contributed by atoms with Crippen molar-refractivity contribution in [1.29, 1.82) is 0 Å². The SMILES string of the molecule is CC(C)N1CCN(c2cccc(Cl)c2NC(=O)N2CC[C@](C)(c3ccccc3)C2)CC1. The van der Waals surface area contributed by atoms with E-state index < -0.39 is 0 Å². The van der Waals surface area contributed by atoms with E-state index in [1.807, 2.05) is 23.1 Å². The molecule has 2 aliphatic heterocycles. The summed E-state index contributed by atoms with van der Waals surface area (Å²) in [5, 5.41) is 3.73. The maximum Gasteiger partial charge on any atom is 0.321 e. The van der Waals surface area contributed by atoms with Gasteiger partial charge in [0.05, 0.1) is 16.4 Å². The van der Waals surface area contributed by atoms with Crippen LogP contribution in [0.2, 0.25) is 5.02 Å². The molecule has 31 heavy (non-hydrogen) atoms. The van der Waals surface area contributed by atoms with Crippen molar-refractivity contribution in [2.24, 2.45) is 0 Å². The highest BCUT2D eigenvalue weighted by Gasteiger charge is 2.37. The number of benzene rings is 2. The molecule has 0 spiro atoms. The third-order valence-electron chi connectivity index (χ3n) is 6.84. The topological polar surface area (TPSA) is 38.8 Å². The minimum absolute atomic E-state index is 0.0188. The zero-order chi connectivity index (χ0) is 22.0. The molecule has 2 aromatic rings. The molecule has 2 fully saturated rings. The summed E-state index contributed by atoms with van der Waals surface area (Å²) in [6.45, 7) is 12.0. The molecule has 2 saturated heterocycles. The quantitative estimate of drug-likeness (QED) is 0.721. The largest absolute Gasteiger partial charge is 0.367 e. The lowest BCUT2D eigenvalue weighted by Gasteiger charge is -2.39. The number of amides is 2. The lowest BCUT2D eigenvalue weighted by molar-refractivity contribution is 0.209. The van der Waals surface area contributed by atoms with Gasteiger partial charge in [-0.1, -0.05) is 54.9 Å². The van der Waals surface area contributed by atoms with Gasteiger partial charge in [-0.05, 0) is 38.0 Å². The average Bonchev–Trinajstić information content (AvgIpc) is 3.19. The van der Waals surface area contributed by atoms with Gasteiger partial charge in [0.2, 0.25) is 0 Å². The first-order valence-corrected chi connectivity index (χ1v) is 11.6. The Hall–Kier alpha value is -2.24. The average molecular weight is 441 g/mol. The molecule has 1 N–H and O–H groups in total. The highest BCUT2D eigenvalue weighted by Crippen LogP contribution is 2.37. The summed E-state index contributed by atoms with van der Waals surface area (Å²) in [5.41, 5.74) is 3.00. The lowest BCUT2D eigenvalue weighted by atomic mass is 9.82. The number of halogens is 1. The van der Waals surface area contributed by atoms with Gasteiger partial charge in [-0.25, -0.2) is 4.79 Å². The number of anilines is 2. The standard InChI is InChI=1S/C25H33ClN4O/c1-19(2)28-14-16-29(17-15-28)22-11-7-10-21(26)23(22)27-24(31)30-13-12-25(3,18-30)20-8-5-4-6-9-20/h4-11,19H,12-18H2,1-3H3,(H,27,31)/t25-/m0/s1. The second kappa shape index (κ2) is 9.09. The number of carbonyl (C=O) groups is 1. The molecule has 166 valence electrons. The molecule has 0 aliphatic carbocycles. The van der Waals surface area contributed by atoms with E-state index in [2.05, 4.69) is 66.2 Å². The van der Waals surface area contributed by atoms with Crippen molar-refractivity contribution < 1.29 is 4.79 Å². The van der Waals surface area contributed by atoms with Crippen molar-refractivity contribution in [3.05, 3.63) is 59.1 Å². The molecule has 6 heteroatoms. The Bertz CT molecular complexity index is 911. The van der Waals surface area contributed by atoms with Crippen LogP contribution < -0.4 is 10.2 Å². The van der Waals surface area contributed by atoms with E-state index in [0.717, 1.165) is 50.5 Å². The number of rotatable bonds is 4. The summed E-state index contributed by atoms with van der Waals surface area (Å²) in [6, 6.07) is 16.8. The fourth-order valence-corrected chi connectivity index (χ4v) is 4.99. The Morgan fingerprint density at radius 2 is 1.71 bits per heavy atom. The van der Waals surface area contributed by atoms with Gasteiger partial charge in [0.15, 0.2) is 0 Å². The summed E-state index contributed by atoms with van der Waals surface area (Å²) < 4.78 is 0. The Labute approximate surface area is 191 Å². The summed E-state index contributed by atoms with van der Waals surface area (Å²) in [6.07, 6.45) is 0.955. The molecule has 0 bridgehead atoms. The molecule has 5 nitrogen and oxygen atoms in total. The van der Waals surface area contributed by atoms with E-state index in [-0.39, 0.29) is 11.4 Å². The molecule has 2 amide bonds. The summed E-state index contributed by atoms with van der Waals surface area (Å²) in [5.74, 6) is 0. The molecule has 2 heterocycles. The van der Waals surface area contributed by atoms with Gasteiger partial charge >= 0.3 is 6.03 Å². The second-order valence-electron chi connectivity index (χ2n) is 9.28. The van der Waals surface area contributed by atoms with Crippen molar-refractivity contribution in [2.45, 2.75) is 38.6 Å². The van der Waals surface area contributed by atoms with E-state index >= 15 is 0 Å². The first-order valence-electron chi connectivity index (χ1n) is 11.3. The van der Waals surface area contributed by atoms with Crippen molar-refractivity contribution in [2.75, 3.05) is 49.5 Å². The zero-order valence-corrected chi connectivity index (χ0v) is 19.5. The van der Waals surface area contributed by atoms with Gasteiger partial charge in [-0.3, -0.25) is 4.90 Å². The molecule has 0 unspecified atom stereocenters. The smallest absolute Gasteiger partial charge is 0.321 e. The predicted octanol–water partition coefficient (Wildman–Crippen LogP) is 5.07. The highest BCUT2D eigenvalue weighted by molar-refractivity contribution is 6.34. The van der Waals surface area contributed by atoms with E-state index in [9.17, 15) is 4.79 Å². The van der Waals surface area contributed by atoms with Crippen LogP contribution in [0.15, 0.2) is 48.5 Å². The number of hydrogen-bond acceptors (Lipinski definition) is 3. The fourth-order valence-electron chi connectivity index (χ4n) is 4.78. The van der Waals surface area contributed by atoms with Crippen molar-refractivity contribution >= 4 is 29.0 Å². The van der Waals surface area contributed by atoms with Crippen LogP contribution in [0.1, 0.15) is 32.8 Å². The van der Waals surface area contributed by atoms with Crippen LogP contribution >= 0.6 is 11.6 Å². The number of urea groups is 1.